The zero-order valence-corrected chi connectivity index (χ0v) is 19.1. The fraction of sp³-hybridized carbons (Fsp3) is 0.188. The van der Waals surface area contributed by atoms with Crippen LogP contribution in [0.25, 0.3) is 43.8 Å². The van der Waals surface area contributed by atoms with E-state index >= 15 is 0 Å². The molecule has 0 saturated carbocycles. The highest BCUT2D eigenvalue weighted by Gasteiger charge is 2.05. The van der Waals surface area contributed by atoms with Crippen molar-refractivity contribution in [3.63, 3.8) is 0 Å². The molecule has 5 rings (SSSR count). The predicted molar refractivity (Wildman–Crippen MR) is 140 cm³/mol. The Morgan fingerprint density at radius 1 is 0.375 bits per heavy atom. The first kappa shape index (κ1) is 20.5. The Hall–Kier alpha value is -3.38. The second-order valence-electron chi connectivity index (χ2n) is 8.87. The van der Waals surface area contributed by atoms with Crippen molar-refractivity contribution in [3.05, 3.63) is 108 Å². The fourth-order valence-electron chi connectivity index (χ4n) is 4.66. The van der Waals surface area contributed by atoms with Gasteiger partial charge in [0.1, 0.15) is 0 Å². The van der Waals surface area contributed by atoms with Gasteiger partial charge in [-0.2, -0.15) is 0 Å². The van der Waals surface area contributed by atoms with Crippen LogP contribution in [0.5, 0.6) is 0 Å². The molecule has 0 spiro atoms. The third-order valence-corrected chi connectivity index (χ3v) is 6.45. The van der Waals surface area contributed by atoms with Crippen molar-refractivity contribution in [2.45, 2.75) is 39.5 Å². The Labute approximate surface area is 191 Å². The molecule has 0 nitrogen and oxygen atoms in total. The molecule has 32 heavy (non-hydrogen) atoms. The highest BCUT2D eigenvalue weighted by Crippen LogP contribution is 2.31. The molecule has 0 fully saturated rings. The van der Waals surface area contributed by atoms with Gasteiger partial charge in [-0.1, -0.05) is 99.5 Å². The lowest BCUT2D eigenvalue weighted by Crippen LogP contribution is -1.85. The number of aryl methyl sites for hydroxylation is 2. The molecular weight excluding hydrogens is 384 g/mol. The van der Waals surface area contributed by atoms with E-state index in [0.29, 0.717) is 0 Å². The molecule has 0 aliphatic rings. The molecule has 0 saturated heterocycles. The summed E-state index contributed by atoms with van der Waals surface area (Å²) in [6.07, 6.45) is 4.67. The molecule has 0 aliphatic carbocycles. The Morgan fingerprint density at radius 3 is 1.12 bits per heavy atom. The van der Waals surface area contributed by atoms with Crippen LogP contribution in [0.15, 0.2) is 97.1 Å². The number of rotatable bonds is 6. The standard InChI is InChI=1S/C32H30/c1-3-5-23-7-11-25(12-8-23)27-15-17-29-22-32-20-28(16-18-30(32)21-31(29)19-27)26-13-9-24(6-4-2)10-14-26/h7-22H,3-6H2,1-2H3. The minimum absolute atomic E-state index is 1.15. The summed E-state index contributed by atoms with van der Waals surface area (Å²) in [5, 5.41) is 5.17. The molecule has 0 unspecified atom stereocenters. The summed E-state index contributed by atoms with van der Waals surface area (Å²) in [6.45, 7) is 4.46. The summed E-state index contributed by atoms with van der Waals surface area (Å²) in [7, 11) is 0. The number of hydrogen-bond donors (Lipinski definition) is 0. The highest BCUT2D eigenvalue weighted by atomic mass is 14.1. The molecule has 0 aliphatic heterocycles. The van der Waals surface area contributed by atoms with Crippen molar-refractivity contribution in [3.8, 4) is 22.3 Å². The molecule has 0 N–H and O–H groups in total. The first-order valence-corrected chi connectivity index (χ1v) is 11.9. The second kappa shape index (κ2) is 9.01. The summed E-state index contributed by atoms with van der Waals surface area (Å²) < 4.78 is 0. The topological polar surface area (TPSA) is 0 Å². The van der Waals surface area contributed by atoms with Gasteiger partial charge in [0.2, 0.25) is 0 Å². The molecule has 0 heterocycles. The van der Waals surface area contributed by atoms with Crippen LogP contribution >= 0.6 is 0 Å². The van der Waals surface area contributed by atoms with Crippen molar-refractivity contribution < 1.29 is 0 Å². The SMILES string of the molecule is CCCc1ccc(-c2ccc3cc4cc(-c5ccc(CCC)cc5)ccc4cc3c2)cc1. The Kier molecular flexibility index (Phi) is 5.77. The lowest BCUT2D eigenvalue weighted by atomic mass is 9.95. The van der Waals surface area contributed by atoms with Gasteiger partial charge in [-0.25, -0.2) is 0 Å². The summed E-state index contributed by atoms with van der Waals surface area (Å²) in [5.74, 6) is 0. The third kappa shape index (κ3) is 4.18. The van der Waals surface area contributed by atoms with Gasteiger partial charge in [-0.3, -0.25) is 0 Å². The lowest BCUT2D eigenvalue weighted by molar-refractivity contribution is 0.922. The van der Waals surface area contributed by atoms with E-state index < -0.39 is 0 Å². The molecule has 0 atom stereocenters. The van der Waals surface area contributed by atoms with Crippen molar-refractivity contribution >= 4 is 21.5 Å². The van der Waals surface area contributed by atoms with Crippen LogP contribution in [-0.2, 0) is 12.8 Å². The minimum Gasteiger partial charge on any atom is -0.0651 e. The Balaban J connectivity index is 1.48. The van der Waals surface area contributed by atoms with Gasteiger partial charge < -0.3 is 0 Å². The van der Waals surface area contributed by atoms with Crippen LogP contribution in [0.4, 0.5) is 0 Å². The van der Waals surface area contributed by atoms with Crippen molar-refractivity contribution in [2.24, 2.45) is 0 Å². The lowest BCUT2D eigenvalue weighted by Gasteiger charge is -2.09. The predicted octanol–water partition coefficient (Wildman–Crippen LogP) is 9.23. The number of hydrogen-bond acceptors (Lipinski definition) is 0. The smallest absolute Gasteiger partial charge is 0.0171 e. The average molecular weight is 415 g/mol. The van der Waals surface area contributed by atoms with E-state index in [9.17, 15) is 0 Å². The van der Waals surface area contributed by atoms with Crippen LogP contribution in [0.2, 0.25) is 0 Å². The van der Waals surface area contributed by atoms with E-state index in [4.69, 9.17) is 0 Å². The van der Waals surface area contributed by atoms with Crippen molar-refractivity contribution in [1.29, 1.82) is 0 Å². The molecular formula is C32H30. The second-order valence-corrected chi connectivity index (χ2v) is 8.87. The van der Waals surface area contributed by atoms with E-state index in [1.165, 1.54) is 67.8 Å². The Morgan fingerprint density at radius 2 is 0.750 bits per heavy atom. The van der Waals surface area contributed by atoms with Gasteiger partial charge in [-0.05, 0) is 92.0 Å². The average Bonchev–Trinajstić information content (AvgIpc) is 2.83. The molecule has 5 aromatic carbocycles. The first-order valence-electron chi connectivity index (χ1n) is 11.9. The van der Waals surface area contributed by atoms with Crippen molar-refractivity contribution in [1.82, 2.24) is 0 Å². The van der Waals surface area contributed by atoms with E-state index in [-0.39, 0.29) is 0 Å². The summed E-state index contributed by atoms with van der Waals surface area (Å²) in [5.41, 5.74) is 7.97. The van der Waals surface area contributed by atoms with Crippen LogP contribution in [0.1, 0.15) is 37.8 Å². The van der Waals surface area contributed by atoms with Gasteiger partial charge in [0, 0.05) is 0 Å². The molecule has 0 heteroatoms. The van der Waals surface area contributed by atoms with Crippen LogP contribution in [-0.4, -0.2) is 0 Å². The molecule has 5 aromatic rings. The van der Waals surface area contributed by atoms with Crippen LogP contribution in [0, 0.1) is 0 Å². The van der Waals surface area contributed by atoms with Gasteiger partial charge in [0.15, 0.2) is 0 Å². The van der Waals surface area contributed by atoms with E-state index in [1.807, 2.05) is 0 Å². The highest BCUT2D eigenvalue weighted by molar-refractivity contribution is 6.01. The van der Waals surface area contributed by atoms with E-state index in [0.717, 1.165) is 12.8 Å². The van der Waals surface area contributed by atoms with Crippen LogP contribution in [0.3, 0.4) is 0 Å². The van der Waals surface area contributed by atoms with E-state index in [1.54, 1.807) is 0 Å². The summed E-state index contributed by atoms with van der Waals surface area (Å²) in [4.78, 5) is 0. The summed E-state index contributed by atoms with van der Waals surface area (Å²) >= 11 is 0. The van der Waals surface area contributed by atoms with E-state index in [2.05, 4.69) is 111 Å². The maximum absolute atomic E-state index is 2.33. The first-order chi connectivity index (χ1) is 15.7. The number of fused-ring (bicyclic) bond motifs is 2. The maximum atomic E-state index is 2.33. The monoisotopic (exact) mass is 414 g/mol. The van der Waals surface area contributed by atoms with Gasteiger partial charge in [-0.15, -0.1) is 0 Å². The Bertz CT molecular complexity index is 1250. The normalized spacial score (nSPS) is 11.3. The molecule has 158 valence electrons. The van der Waals surface area contributed by atoms with Gasteiger partial charge >= 0.3 is 0 Å². The zero-order chi connectivity index (χ0) is 21.9. The largest absolute Gasteiger partial charge is 0.0651 e. The quantitative estimate of drug-likeness (QED) is 0.243. The fourth-order valence-corrected chi connectivity index (χ4v) is 4.66. The maximum Gasteiger partial charge on any atom is -0.0171 e. The van der Waals surface area contributed by atoms with Gasteiger partial charge in [0.25, 0.3) is 0 Å². The molecule has 0 bridgehead atoms. The minimum atomic E-state index is 1.15. The summed E-state index contributed by atoms with van der Waals surface area (Å²) in [6, 6.07) is 36.4. The van der Waals surface area contributed by atoms with Gasteiger partial charge in [0.05, 0.1) is 0 Å². The molecule has 0 radical (unpaired) electrons. The van der Waals surface area contributed by atoms with Crippen molar-refractivity contribution in [2.75, 3.05) is 0 Å². The third-order valence-electron chi connectivity index (χ3n) is 6.45. The number of benzene rings is 5. The molecule has 0 aromatic heterocycles. The molecule has 0 amide bonds. The zero-order valence-electron chi connectivity index (χ0n) is 19.1. The van der Waals surface area contributed by atoms with Crippen LogP contribution < -0.4 is 0 Å².